The number of hydrogen-bond acceptors (Lipinski definition) is 6. The molecular formula is C8H11ClN2O3S. The predicted octanol–water partition coefficient (Wildman–Crippen LogP) is 1.38. The Hall–Kier alpha value is -0.850. The van der Waals surface area contributed by atoms with Crippen LogP contribution in [0.25, 0.3) is 0 Å². The largest absolute Gasteiger partial charge is 0.465 e. The Kier molecular flexibility index (Phi) is 4.31. The number of halogens is 1. The highest BCUT2D eigenvalue weighted by atomic mass is 35.5. The van der Waals surface area contributed by atoms with Gasteiger partial charge in [-0.15, -0.1) is 0 Å². The third-order valence-corrected chi connectivity index (χ3v) is 2.88. The molecule has 1 heterocycles. The molecule has 0 aromatic carbocycles. The minimum absolute atomic E-state index is 0.111. The Labute approximate surface area is 96.0 Å². The Morgan fingerprint density at radius 2 is 2.47 bits per heavy atom. The second-order valence-corrected chi connectivity index (χ2v) is 4.22. The number of nitrogens with one attached hydrogen (secondary N) is 1. The van der Waals surface area contributed by atoms with Crippen molar-refractivity contribution in [3.05, 3.63) is 10.0 Å². The molecule has 0 radical (unpaired) electrons. The van der Waals surface area contributed by atoms with E-state index < -0.39 is 12.1 Å². The lowest BCUT2D eigenvalue weighted by Crippen LogP contribution is -2.14. The summed E-state index contributed by atoms with van der Waals surface area (Å²) in [6.07, 6.45) is -0.491. The van der Waals surface area contributed by atoms with E-state index in [0.29, 0.717) is 11.7 Å². The Morgan fingerprint density at radius 3 is 3.00 bits per heavy atom. The maximum Gasteiger partial charge on any atom is 0.351 e. The Balaban J connectivity index is 2.72. The number of carbonyl (C=O) groups is 1. The van der Waals surface area contributed by atoms with Gasteiger partial charge < -0.3 is 15.2 Å². The Bertz CT molecular complexity index is 354. The van der Waals surface area contributed by atoms with Crippen LogP contribution in [-0.2, 0) is 4.74 Å². The Morgan fingerprint density at radius 1 is 1.80 bits per heavy atom. The maximum atomic E-state index is 11.2. The number of thiazole rings is 1. The monoisotopic (exact) mass is 250 g/mol. The first-order valence-corrected chi connectivity index (χ1v) is 5.40. The normalized spacial score (nSPS) is 12.3. The molecule has 0 saturated carbocycles. The number of methoxy groups -OCH3 is 1. The molecule has 5 nitrogen and oxygen atoms in total. The fraction of sp³-hybridized carbons (Fsp3) is 0.500. The molecule has 0 amide bonds. The summed E-state index contributed by atoms with van der Waals surface area (Å²) in [5, 5.41) is 12.5. The van der Waals surface area contributed by atoms with Crippen molar-refractivity contribution in [3.63, 3.8) is 0 Å². The van der Waals surface area contributed by atoms with Crippen LogP contribution in [0.5, 0.6) is 0 Å². The van der Waals surface area contributed by atoms with Crippen molar-refractivity contribution >= 4 is 34.0 Å². The van der Waals surface area contributed by atoms with Crippen molar-refractivity contribution in [2.75, 3.05) is 19.0 Å². The number of aliphatic hydroxyl groups excluding tert-OH is 1. The zero-order chi connectivity index (χ0) is 11.4. The fourth-order valence-corrected chi connectivity index (χ4v) is 1.94. The lowest BCUT2D eigenvalue weighted by Gasteiger charge is -2.03. The minimum Gasteiger partial charge on any atom is -0.465 e. The molecule has 0 bridgehead atoms. The summed E-state index contributed by atoms with van der Waals surface area (Å²) in [7, 11) is 1.28. The van der Waals surface area contributed by atoms with Gasteiger partial charge in [-0.1, -0.05) is 22.9 Å². The average molecular weight is 251 g/mol. The van der Waals surface area contributed by atoms with Gasteiger partial charge in [0.1, 0.15) is 0 Å². The van der Waals surface area contributed by atoms with E-state index in [1.165, 1.54) is 7.11 Å². The van der Waals surface area contributed by atoms with E-state index in [2.05, 4.69) is 15.0 Å². The molecule has 1 aromatic rings. The van der Waals surface area contributed by atoms with Gasteiger partial charge in [0, 0.05) is 6.54 Å². The summed E-state index contributed by atoms with van der Waals surface area (Å²) in [6.45, 7) is 1.99. The highest BCUT2D eigenvalue weighted by molar-refractivity contribution is 7.18. The quantitative estimate of drug-likeness (QED) is 0.790. The van der Waals surface area contributed by atoms with Crippen LogP contribution in [0.15, 0.2) is 0 Å². The van der Waals surface area contributed by atoms with Crippen LogP contribution < -0.4 is 5.32 Å². The summed E-state index contributed by atoms with van der Waals surface area (Å²) >= 11 is 6.82. The average Bonchev–Trinajstić information content (AvgIpc) is 2.55. The summed E-state index contributed by atoms with van der Waals surface area (Å²) in [5.74, 6) is -0.511. The first kappa shape index (κ1) is 12.2. The van der Waals surface area contributed by atoms with Gasteiger partial charge >= 0.3 is 5.97 Å². The summed E-state index contributed by atoms with van der Waals surface area (Å²) in [4.78, 5) is 15.3. The molecule has 0 saturated heterocycles. The number of aliphatic hydroxyl groups is 1. The molecule has 0 unspecified atom stereocenters. The van der Waals surface area contributed by atoms with Gasteiger partial charge in [0.15, 0.2) is 15.2 Å². The molecule has 0 spiro atoms. The van der Waals surface area contributed by atoms with E-state index in [-0.39, 0.29) is 10.0 Å². The smallest absolute Gasteiger partial charge is 0.351 e. The van der Waals surface area contributed by atoms with E-state index in [9.17, 15) is 4.79 Å². The zero-order valence-corrected chi connectivity index (χ0v) is 9.85. The maximum absolute atomic E-state index is 11.2. The standard InChI is InChI=1S/C8H11ClN2O3S/c1-4(12)3-10-8-11-6(9)5(15-8)7(13)14-2/h4,12H,3H2,1-2H3,(H,10,11)/t4-/m0/s1. The van der Waals surface area contributed by atoms with Gasteiger partial charge in [-0.3, -0.25) is 0 Å². The molecule has 0 fully saturated rings. The molecule has 7 heteroatoms. The van der Waals surface area contributed by atoms with Crippen molar-refractivity contribution in [2.24, 2.45) is 0 Å². The number of esters is 1. The minimum atomic E-state index is -0.511. The van der Waals surface area contributed by atoms with Crippen LogP contribution in [0.1, 0.15) is 16.6 Å². The second-order valence-electron chi connectivity index (χ2n) is 2.86. The molecule has 0 aliphatic carbocycles. The molecule has 1 atom stereocenters. The third kappa shape index (κ3) is 3.33. The van der Waals surface area contributed by atoms with Gasteiger partial charge in [0.05, 0.1) is 13.2 Å². The topological polar surface area (TPSA) is 71.5 Å². The number of rotatable bonds is 4. The number of hydrogen-bond donors (Lipinski definition) is 2. The van der Waals surface area contributed by atoms with E-state index in [0.717, 1.165) is 11.3 Å². The van der Waals surface area contributed by atoms with Crippen molar-refractivity contribution in [3.8, 4) is 0 Å². The van der Waals surface area contributed by atoms with E-state index in [4.69, 9.17) is 16.7 Å². The SMILES string of the molecule is COC(=O)c1sc(NC[C@H](C)O)nc1Cl. The van der Waals surface area contributed by atoms with E-state index in [1.807, 2.05) is 0 Å². The first-order chi connectivity index (χ1) is 7.04. The third-order valence-electron chi connectivity index (χ3n) is 1.51. The van der Waals surface area contributed by atoms with Gasteiger partial charge in [-0.25, -0.2) is 9.78 Å². The molecule has 0 aliphatic rings. The van der Waals surface area contributed by atoms with Crippen molar-refractivity contribution in [2.45, 2.75) is 13.0 Å². The molecule has 15 heavy (non-hydrogen) atoms. The lowest BCUT2D eigenvalue weighted by atomic mass is 10.4. The second kappa shape index (κ2) is 5.29. The highest BCUT2D eigenvalue weighted by Crippen LogP contribution is 2.27. The van der Waals surface area contributed by atoms with Crippen molar-refractivity contribution in [1.29, 1.82) is 0 Å². The van der Waals surface area contributed by atoms with Crippen molar-refractivity contribution in [1.82, 2.24) is 4.98 Å². The first-order valence-electron chi connectivity index (χ1n) is 4.21. The summed E-state index contributed by atoms with van der Waals surface area (Å²) < 4.78 is 4.53. The van der Waals surface area contributed by atoms with Crippen LogP contribution in [0.4, 0.5) is 5.13 Å². The molecule has 1 aromatic heterocycles. The number of ether oxygens (including phenoxy) is 1. The van der Waals surface area contributed by atoms with Crippen LogP contribution >= 0.6 is 22.9 Å². The van der Waals surface area contributed by atoms with Gasteiger partial charge in [-0.2, -0.15) is 0 Å². The number of anilines is 1. The van der Waals surface area contributed by atoms with Crippen molar-refractivity contribution < 1.29 is 14.6 Å². The lowest BCUT2D eigenvalue weighted by molar-refractivity contribution is 0.0606. The molecule has 84 valence electrons. The van der Waals surface area contributed by atoms with E-state index in [1.54, 1.807) is 6.92 Å². The zero-order valence-electron chi connectivity index (χ0n) is 8.28. The van der Waals surface area contributed by atoms with Crippen LogP contribution in [-0.4, -0.2) is 35.8 Å². The van der Waals surface area contributed by atoms with Crippen LogP contribution in [0, 0.1) is 0 Å². The summed E-state index contributed by atoms with van der Waals surface area (Å²) in [5.41, 5.74) is 0. The number of nitrogens with zero attached hydrogens (tertiary/aromatic N) is 1. The molecule has 0 aliphatic heterocycles. The molecule has 1 rings (SSSR count). The summed E-state index contributed by atoms with van der Waals surface area (Å²) in [6, 6.07) is 0. The van der Waals surface area contributed by atoms with Crippen LogP contribution in [0.2, 0.25) is 5.15 Å². The predicted molar refractivity (Wildman–Crippen MR) is 58.6 cm³/mol. The van der Waals surface area contributed by atoms with Gasteiger partial charge in [-0.05, 0) is 6.92 Å². The number of aromatic nitrogens is 1. The van der Waals surface area contributed by atoms with Crippen LogP contribution in [0.3, 0.4) is 0 Å². The van der Waals surface area contributed by atoms with E-state index >= 15 is 0 Å². The number of carbonyl (C=O) groups excluding carboxylic acids is 1. The fourth-order valence-electron chi connectivity index (χ4n) is 0.831. The molecule has 2 N–H and O–H groups in total. The van der Waals surface area contributed by atoms with Gasteiger partial charge in [0.25, 0.3) is 0 Å². The molecular weight excluding hydrogens is 240 g/mol. The highest BCUT2D eigenvalue weighted by Gasteiger charge is 2.17. The van der Waals surface area contributed by atoms with Gasteiger partial charge in [0.2, 0.25) is 0 Å².